The number of phenols is 1. The van der Waals surface area contributed by atoms with Gasteiger partial charge in [-0.1, -0.05) is 42.5 Å². The third-order valence-corrected chi connectivity index (χ3v) is 4.83. The number of aliphatic hydroxyl groups is 1. The number of nitrogens with one attached hydrogen (secondary N) is 2. The first kappa shape index (κ1) is 20.2. The summed E-state index contributed by atoms with van der Waals surface area (Å²) in [6, 6.07) is 24.6. The van der Waals surface area contributed by atoms with Crippen molar-refractivity contribution in [2.75, 3.05) is 18.6 Å². The van der Waals surface area contributed by atoms with E-state index in [1.165, 1.54) is 17.6 Å². The van der Waals surface area contributed by atoms with Crippen LogP contribution in [0.3, 0.4) is 0 Å². The molecule has 0 aliphatic heterocycles. The number of hydrogen-bond acceptors (Lipinski definition) is 6. The molecule has 0 aromatic heterocycles. The first-order valence-electron chi connectivity index (χ1n) is 9.12. The van der Waals surface area contributed by atoms with E-state index in [0.717, 1.165) is 29.1 Å². The second kappa shape index (κ2) is 10.7. The summed E-state index contributed by atoms with van der Waals surface area (Å²) >= 11 is 1.28. The molecule has 0 aliphatic carbocycles. The topological polar surface area (TPSA) is 73.8 Å². The molecule has 1 unspecified atom stereocenters. The summed E-state index contributed by atoms with van der Waals surface area (Å²) in [6.45, 7) is 1.23. The van der Waals surface area contributed by atoms with Gasteiger partial charge in [0.05, 0.1) is 23.8 Å². The number of aliphatic hydroxyl groups excluding tert-OH is 1. The molecule has 3 rings (SSSR count). The lowest BCUT2D eigenvalue weighted by Gasteiger charge is -2.12. The molecule has 5 nitrogen and oxygen atoms in total. The smallest absolute Gasteiger partial charge is 0.115 e. The third kappa shape index (κ3) is 6.58. The van der Waals surface area contributed by atoms with Crippen LogP contribution in [0.25, 0.3) is 0 Å². The maximum absolute atomic E-state index is 10.1. The van der Waals surface area contributed by atoms with Gasteiger partial charge in [0.15, 0.2) is 0 Å². The number of anilines is 1. The Labute approximate surface area is 169 Å². The quantitative estimate of drug-likeness (QED) is 0.233. The van der Waals surface area contributed by atoms with E-state index in [-0.39, 0.29) is 5.75 Å². The Kier molecular flexibility index (Phi) is 7.75. The van der Waals surface area contributed by atoms with Crippen LogP contribution in [-0.2, 0) is 10.7 Å². The molecule has 0 saturated carbocycles. The van der Waals surface area contributed by atoms with Crippen molar-refractivity contribution in [2.24, 2.45) is 0 Å². The van der Waals surface area contributed by atoms with E-state index in [9.17, 15) is 10.2 Å². The van der Waals surface area contributed by atoms with Gasteiger partial charge in [0, 0.05) is 11.4 Å². The molecule has 0 amide bonds. The predicted molar refractivity (Wildman–Crippen MR) is 113 cm³/mol. The molecule has 0 bridgehead atoms. The fourth-order valence-electron chi connectivity index (χ4n) is 2.62. The summed E-state index contributed by atoms with van der Waals surface area (Å²) in [4.78, 5) is 1.03. The third-order valence-electron chi connectivity index (χ3n) is 4.20. The van der Waals surface area contributed by atoms with E-state index in [1.807, 2.05) is 42.5 Å². The van der Waals surface area contributed by atoms with Crippen LogP contribution >= 0.6 is 12.0 Å². The average Bonchev–Trinajstić information content (AvgIpc) is 2.73. The van der Waals surface area contributed by atoms with E-state index in [0.29, 0.717) is 6.54 Å². The van der Waals surface area contributed by atoms with E-state index in [1.54, 1.807) is 24.3 Å². The van der Waals surface area contributed by atoms with E-state index >= 15 is 0 Å². The Balaban J connectivity index is 1.34. The molecule has 1 atom stereocenters. The Morgan fingerprint density at radius 3 is 2.32 bits per heavy atom. The SMILES string of the molecule is Oc1ccc(C(O)CNCCc2ccc(NOSc3ccccc3)cc2)cc1. The van der Waals surface area contributed by atoms with Crippen molar-refractivity contribution < 1.29 is 14.5 Å². The predicted octanol–water partition coefficient (Wildman–Crippen LogP) is 4.31. The van der Waals surface area contributed by atoms with Crippen molar-refractivity contribution in [3.05, 3.63) is 90.0 Å². The normalized spacial score (nSPS) is 11.9. The van der Waals surface area contributed by atoms with Crippen LogP contribution in [0.4, 0.5) is 5.69 Å². The number of hydrogen-bond donors (Lipinski definition) is 4. The zero-order chi connectivity index (χ0) is 19.6. The Bertz CT molecular complexity index is 827. The molecular weight excluding hydrogens is 372 g/mol. The minimum atomic E-state index is -0.591. The van der Waals surface area contributed by atoms with Crippen LogP contribution in [0, 0.1) is 0 Å². The molecular formula is C22H24N2O3S. The molecule has 0 fully saturated rings. The van der Waals surface area contributed by atoms with Crippen LogP contribution < -0.4 is 10.8 Å². The lowest BCUT2D eigenvalue weighted by molar-refractivity contribution is 0.175. The minimum Gasteiger partial charge on any atom is -0.508 e. The molecule has 0 spiro atoms. The first-order chi connectivity index (χ1) is 13.7. The summed E-state index contributed by atoms with van der Waals surface area (Å²) in [6.07, 6.45) is 0.272. The zero-order valence-corrected chi connectivity index (χ0v) is 16.2. The fourth-order valence-corrected chi connectivity index (χ4v) is 3.12. The van der Waals surface area contributed by atoms with Crippen LogP contribution in [0.5, 0.6) is 5.75 Å². The van der Waals surface area contributed by atoms with Gasteiger partial charge >= 0.3 is 0 Å². The Morgan fingerprint density at radius 1 is 0.893 bits per heavy atom. The number of aromatic hydroxyl groups is 1. The first-order valence-corrected chi connectivity index (χ1v) is 9.86. The van der Waals surface area contributed by atoms with Gasteiger partial charge in [-0.15, -0.1) is 0 Å². The highest BCUT2D eigenvalue weighted by atomic mass is 32.2. The van der Waals surface area contributed by atoms with Gasteiger partial charge < -0.3 is 15.5 Å². The summed E-state index contributed by atoms with van der Waals surface area (Å²) in [5.74, 6) is 0.200. The van der Waals surface area contributed by atoms with Crippen molar-refractivity contribution in [3.8, 4) is 5.75 Å². The average molecular weight is 397 g/mol. The second-order valence-corrected chi connectivity index (χ2v) is 7.14. The lowest BCUT2D eigenvalue weighted by atomic mass is 10.1. The molecule has 4 N–H and O–H groups in total. The maximum atomic E-state index is 10.1. The maximum Gasteiger partial charge on any atom is 0.115 e. The molecule has 3 aromatic rings. The van der Waals surface area contributed by atoms with Crippen LogP contribution in [0.2, 0.25) is 0 Å². The summed E-state index contributed by atoms with van der Waals surface area (Å²) in [5.41, 5.74) is 5.80. The van der Waals surface area contributed by atoms with Gasteiger partial charge in [-0.05, 0) is 60.5 Å². The van der Waals surface area contributed by atoms with Gasteiger partial charge in [-0.3, -0.25) is 5.48 Å². The van der Waals surface area contributed by atoms with Gasteiger partial charge in [-0.2, -0.15) is 4.28 Å². The standard InChI is InChI=1S/C22H24N2O3S/c25-20-12-8-18(9-13-20)22(26)16-23-15-14-17-6-10-19(11-7-17)24-27-28-21-4-2-1-3-5-21/h1-13,22-26H,14-16H2. The molecule has 0 aliphatic rings. The van der Waals surface area contributed by atoms with Crippen LogP contribution in [-0.4, -0.2) is 23.3 Å². The van der Waals surface area contributed by atoms with Crippen molar-refractivity contribution in [2.45, 2.75) is 17.4 Å². The zero-order valence-electron chi connectivity index (χ0n) is 15.4. The molecule has 146 valence electrons. The molecule has 6 heteroatoms. The van der Waals surface area contributed by atoms with Gasteiger partial charge in [-0.25, -0.2) is 0 Å². The van der Waals surface area contributed by atoms with Gasteiger partial charge in [0.2, 0.25) is 0 Å². The number of benzene rings is 3. The second-order valence-electron chi connectivity index (χ2n) is 6.34. The molecule has 0 radical (unpaired) electrons. The summed E-state index contributed by atoms with van der Waals surface area (Å²) in [5, 5.41) is 22.7. The van der Waals surface area contributed by atoms with Crippen molar-refractivity contribution in [3.63, 3.8) is 0 Å². The molecule has 0 saturated heterocycles. The van der Waals surface area contributed by atoms with Gasteiger partial charge in [0.1, 0.15) is 5.75 Å². The van der Waals surface area contributed by atoms with Crippen molar-refractivity contribution in [1.82, 2.24) is 5.32 Å². The largest absolute Gasteiger partial charge is 0.508 e. The molecule has 28 heavy (non-hydrogen) atoms. The monoisotopic (exact) mass is 396 g/mol. The van der Waals surface area contributed by atoms with Crippen LogP contribution in [0.15, 0.2) is 83.8 Å². The van der Waals surface area contributed by atoms with E-state index in [4.69, 9.17) is 4.28 Å². The van der Waals surface area contributed by atoms with Gasteiger partial charge in [0.25, 0.3) is 0 Å². The Hall–Kier alpha value is -2.51. The summed E-state index contributed by atoms with van der Waals surface area (Å²) < 4.78 is 5.43. The fraction of sp³-hybridized carbons (Fsp3) is 0.182. The highest BCUT2D eigenvalue weighted by molar-refractivity contribution is 7.94. The Morgan fingerprint density at radius 2 is 1.61 bits per heavy atom. The highest BCUT2D eigenvalue weighted by Crippen LogP contribution is 2.20. The number of phenolic OH excluding ortho intramolecular Hbond substituents is 1. The summed E-state index contributed by atoms with van der Waals surface area (Å²) in [7, 11) is 0. The van der Waals surface area contributed by atoms with Crippen molar-refractivity contribution in [1.29, 1.82) is 0 Å². The number of rotatable bonds is 10. The van der Waals surface area contributed by atoms with E-state index < -0.39 is 6.10 Å². The van der Waals surface area contributed by atoms with E-state index in [2.05, 4.69) is 22.9 Å². The minimum absolute atomic E-state index is 0.200. The van der Waals surface area contributed by atoms with Crippen LogP contribution in [0.1, 0.15) is 17.2 Å². The molecule has 3 aromatic carbocycles. The lowest BCUT2D eigenvalue weighted by Crippen LogP contribution is -2.23. The highest BCUT2D eigenvalue weighted by Gasteiger charge is 2.06. The molecule has 0 heterocycles. The van der Waals surface area contributed by atoms with Crippen molar-refractivity contribution >= 4 is 17.7 Å².